The van der Waals surface area contributed by atoms with Crippen molar-refractivity contribution < 1.29 is 4.39 Å². The predicted molar refractivity (Wildman–Crippen MR) is 75.3 cm³/mol. The number of benzene rings is 1. The molecular weight excluding hydrogens is 241 g/mol. The Morgan fingerprint density at radius 3 is 2.58 bits per heavy atom. The van der Waals surface area contributed by atoms with Crippen molar-refractivity contribution in [3.05, 3.63) is 41.0 Å². The van der Waals surface area contributed by atoms with Crippen molar-refractivity contribution in [3.8, 4) is 11.3 Å². The maximum atomic E-state index is 13.7. The molecule has 4 heteroatoms. The maximum absolute atomic E-state index is 13.7. The molecule has 2 N–H and O–H groups in total. The summed E-state index contributed by atoms with van der Waals surface area (Å²) in [6, 6.07) is 5.00. The fourth-order valence-corrected chi connectivity index (χ4v) is 2.04. The molecule has 0 aliphatic carbocycles. The topological polar surface area (TPSA) is 51.8 Å². The van der Waals surface area contributed by atoms with E-state index >= 15 is 0 Å². The lowest BCUT2D eigenvalue weighted by Gasteiger charge is -2.12. The number of hydrogen-bond donors (Lipinski definition) is 1. The molecule has 1 heterocycles. The number of hydrogen-bond acceptors (Lipinski definition) is 3. The average molecular weight is 259 g/mol. The number of aryl methyl sites for hydroxylation is 1. The largest absolute Gasteiger partial charge is 0.383 e. The highest BCUT2D eigenvalue weighted by Crippen LogP contribution is 2.28. The lowest BCUT2D eigenvalue weighted by molar-refractivity contribution is 0.619. The third-order valence-corrected chi connectivity index (χ3v) is 3.23. The molecule has 1 aromatic carbocycles. The highest BCUT2D eigenvalue weighted by Gasteiger charge is 2.13. The number of nitrogens with two attached hydrogens (primary N) is 1. The molecule has 0 saturated heterocycles. The Bertz CT molecular complexity index is 609. The smallest absolute Gasteiger partial charge is 0.131 e. The van der Waals surface area contributed by atoms with Crippen LogP contribution < -0.4 is 5.73 Å². The Morgan fingerprint density at radius 2 is 1.89 bits per heavy atom. The first kappa shape index (κ1) is 13.5. The monoisotopic (exact) mass is 259 g/mol. The predicted octanol–water partition coefficient (Wildman–Crippen LogP) is 3.43. The Kier molecular flexibility index (Phi) is 3.79. The Labute approximate surface area is 112 Å². The van der Waals surface area contributed by atoms with Gasteiger partial charge in [-0.15, -0.1) is 0 Å². The molecule has 0 aliphatic rings. The van der Waals surface area contributed by atoms with Gasteiger partial charge in [0.1, 0.15) is 17.5 Å². The van der Waals surface area contributed by atoms with E-state index < -0.39 is 0 Å². The molecule has 1 aromatic heterocycles. The summed E-state index contributed by atoms with van der Waals surface area (Å²) in [6.07, 6.45) is 1.72. The summed E-state index contributed by atoms with van der Waals surface area (Å²) in [4.78, 5) is 8.81. The normalized spacial score (nSPS) is 10.7. The first-order valence-electron chi connectivity index (χ1n) is 6.43. The molecule has 19 heavy (non-hydrogen) atoms. The zero-order valence-electron chi connectivity index (χ0n) is 11.5. The van der Waals surface area contributed by atoms with Crippen LogP contribution in [0, 0.1) is 19.7 Å². The average Bonchev–Trinajstić information content (AvgIpc) is 2.37. The second kappa shape index (κ2) is 5.34. The number of halogens is 1. The zero-order valence-corrected chi connectivity index (χ0v) is 11.5. The summed E-state index contributed by atoms with van der Waals surface area (Å²) in [7, 11) is 0. The van der Waals surface area contributed by atoms with Crippen molar-refractivity contribution in [1.29, 1.82) is 0 Å². The third-order valence-electron chi connectivity index (χ3n) is 3.23. The summed E-state index contributed by atoms with van der Waals surface area (Å²) in [6.45, 7) is 5.68. The van der Waals surface area contributed by atoms with Gasteiger partial charge in [-0.25, -0.2) is 14.4 Å². The van der Waals surface area contributed by atoms with E-state index in [0.29, 0.717) is 17.2 Å². The molecule has 100 valence electrons. The van der Waals surface area contributed by atoms with E-state index in [1.807, 2.05) is 13.0 Å². The Hall–Kier alpha value is -1.97. The fourth-order valence-electron chi connectivity index (χ4n) is 2.04. The van der Waals surface area contributed by atoms with Gasteiger partial charge in [-0.3, -0.25) is 0 Å². The first-order valence-corrected chi connectivity index (χ1v) is 6.43. The lowest BCUT2D eigenvalue weighted by Crippen LogP contribution is -2.05. The van der Waals surface area contributed by atoms with Gasteiger partial charge < -0.3 is 5.73 Å². The van der Waals surface area contributed by atoms with Crippen LogP contribution in [0.15, 0.2) is 18.2 Å². The van der Waals surface area contributed by atoms with Crippen LogP contribution in [-0.4, -0.2) is 9.97 Å². The standard InChI is InChI=1S/C15H18FN3/c1-4-6-13-18-14(10(3)15(17)19-13)11-7-5-8-12(16)9(11)2/h5,7-8H,4,6H2,1-3H3,(H2,17,18,19). The SMILES string of the molecule is CCCc1nc(N)c(C)c(-c2cccc(F)c2C)n1. The van der Waals surface area contributed by atoms with Gasteiger partial charge in [0.05, 0.1) is 5.69 Å². The Balaban J connectivity index is 2.64. The van der Waals surface area contributed by atoms with Gasteiger partial charge in [0.15, 0.2) is 0 Å². The van der Waals surface area contributed by atoms with Crippen molar-refractivity contribution in [2.75, 3.05) is 5.73 Å². The van der Waals surface area contributed by atoms with E-state index in [1.165, 1.54) is 6.07 Å². The number of nitrogen functional groups attached to an aromatic ring is 1. The van der Waals surface area contributed by atoms with Gasteiger partial charge in [0.25, 0.3) is 0 Å². The molecule has 2 aromatic rings. The molecular formula is C15H18FN3. The second-order valence-corrected chi connectivity index (χ2v) is 4.66. The van der Waals surface area contributed by atoms with E-state index in [9.17, 15) is 4.39 Å². The van der Waals surface area contributed by atoms with Crippen molar-refractivity contribution in [2.45, 2.75) is 33.6 Å². The zero-order chi connectivity index (χ0) is 14.0. The van der Waals surface area contributed by atoms with Gasteiger partial charge in [-0.2, -0.15) is 0 Å². The summed E-state index contributed by atoms with van der Waals surface area (Å²) < 4.78 is 13.7. The van der Waals surface area contributed by atoms with Crippen molar-refractivity contribution in [1.82, 2.24) is 9.97 Å². The van der Waals surface area contributed by atoms with Crippen molar-refractivity contribution in [3.63, 3.8) is 0 Å². The van der Waals surface area contributed by atoms with Crippen LogP contribution in [0.5, 0.6) is 0 Å². The highest BCUT2D eigenvalue weighted by molar-refractivity contribution is 5.70. The van der Waals surface area contributed by atoms with E-state index in [2.05, 4.69) is 16.9 Å². The maximum Gasteiger partial charge on any atom is 0.131 e. The van der Waals surface area contributed by atoms with E-state index in [-0.39, 0.29) is 5.82 Å². The van der Waals surface area contributed by atoms with Crippen LogP contribution in [0.1, 0.15) is 30.3 Å². The molecule has 0 saturated carbocycles. The van der Waals surface area contributed by atoms with Gasteiger partial charge in [-0.1, -0.05) is 19.1 Å². The molecule has 0 unspecified atom stereocenters. The molecule has 0 aliphatic heterocycles. The van der Waals surface area contributed by atoms with Crippen LogP contribution >= 0.6 is 0 Å². The van der Waals surface area contributed by atoms with Gasteiger partial charge in [0, 0.05) is 17.5 Å². The first-order chi connectivity index (χ1) is 9.04. The fraction of sp³-hybridized carbons (Fsp3) is 0.333. The molecule has 0 bridgehead atoms. The van der Waals surface area contributed by atoms with Crippen LogP contribution in [0.3, 0.4) is 0 Å². The van der Waals surface area contributed by atoms with Crippen molar-refractivity contribution in [2.24, 2.45) is 0 Å². The molecule has 0 fully saturated rings. The van der Waals surface area contributed by atoms with E-state index in [4.69, 9.17) is 5.73 Å². The van der Waals surface area contributed by atoms with Gasteiger partial charge >= 0.3 is 0 Å². The van der Waals surface area contributed by atoms with E-state index in [1.54, 1.807) is 13.0 Å². The van der Waals surface area contributed by atoms with Gasteiger partial charge in [0.2, 0.25) is 0 Å². The molecule has 3 nitrogen and oxygen atoms in total. The highest BCUT2D eigenvalue weighted by atomic mass is 19.1. The molecule has 0 atom stereocenters. The van der Waals surface area contributed by atoms with Crippen LogP contribution in [0.2, 0.25) is 0 Å². The summed E-state index contributed by atoms with van der Waals surface area (Å²) in [5, 5.41) is 0. The summed E-state index contributed by atoms with van der Waals surface area (Å²) >= 11 is 0. The minimum Gasteiger partial charge on any atom is -0.383 e. The molecule has 0 amide bonds. The van der Waals surface area contributed by atoms with Crippen LogP contribution in [0.4, 0.5) is 10.2 Å². The Morgan fingerprint density at radius 1 is 1.16 bits per heavy atom. The number of nitrogens with zero attached hydrogens (tertiary/aromatic N) is 2. The van der Waals surface area contributed by atoms with Crippen LogP contribution in [0.25, 0.3) is 11.3 Å². The number of anilines is 1. The molecule has 2 rings (SSSR count). The van der Waals surface area contributed by atoms with Crippen LogP contribution in [-0.2, 0) is 6.42 Å². The summed E-state index contributed by atoms with van der Waals surface area (Å²) in [5.41, 5.74) is 8.83. The number of aromatic nitrogens is 2. The minimum absolute atomic E-state index is 0.230. The van der Waals surface area contributed by atoms with Gasteiger partial charge in [-0.05, 0) is 31.9 Å². The third kappa shape index (κ3) is 2.57. The minimum atomic E-state index is -0.230. The van der Waals surface area contributed by atoms with Crippen molar-refractivity contribution >= 4 is 5.82 Å². The summed E-state index contributed by atoms with van der Waals surface area (Å²) in [5.74, 6) is 0.951. The lowest BCUT2D eigenvalue weighted by atomic mass is 10.0. The molecule has 0 radical (unpaired) electrons. The van der Waals surface area contributed by atoms with E-state index in [0.717, 1.165) is 29.7 Å². The number of rotatable bonds is 3. The quantitative estimate of drug-likeness (QED) is 0.918. The molecule has 0 spiro atoms. The second-order valence-electron chi connectivity index (χ2n) is 4.66.